The maximum Gasteiger partial charge on any atom is 0.0781 e. The summed E-state index contributed by atoms with van der Waals surface area (Å²) in [6.07, 6.45) is 1.31. The van der Waals surface area contributed by atoms with Gasteiger partial charge in [-0.25, -0.2) is 0 Å². The molecule has 0 aliphatic carbocycles. The molecule has 0 fully saturated rings. The zero-order valence-corrected chi connectivity index (χ0v) is 7.82. The fourth-order valence-electron chi connectivity index (χ4n) is 0.669. The molecule has 0 rings (SSSR count). The topological polar surface area (TPSA) is 38.7 Å². The quantitative estimate of drug-likeness (QED) is 0.462. The third-order valence-corrected chi connectivity index (χ3v) is 1.21. The van der Waals surface area contributed by atoms with Gasteiger partial charge in [-0.3, -0.25) is 0 Å². The van der Waals surface area contributed by atoms with Crippen molar-refractivity contribution in [3.05, 3.63) is 12.7 Å². The second-order valence-electron chi connectivity index (χ2n) is 2.82. The molecule has 12 heavy (non-hydrogen) atoms. The molecular formula is C9H18O3. The van der Waals surface area contributed by atoms with Crippen LogP contribution in [0.25, 0.3) is 0 Å². The van der Waals surface area contributed by atoms with Crippen LogP contribution in [0.15, 0.2) is 12.7 Å². The van der Waals surface area contributed by atoms with Gasteiger partial charge in [0.1, 0.15) is 0 Å². The van der Waals surface area contributed by atoms with E-state index in [1.54, 1.807) is 13.0 Å². The highest BCUT2D eigenvalue weighted by Gasteiger charge is 2.03. The number of rotatable bonds is 7. The fraction of sp³-hybridized carbons (Fsp3) is 0.778. The number of hydrogen-bond acceptors (Lipinski definition) is 3. The summed E-state index contributed by atoms with van der Waals surface area (Å²) in [4.78, 5) is 0. The van der Waals surface area contributed by atoms with Gasteiger partial charge in [0.05, 0.1) is 32.0 Å². The molecule has 0 unspecified atom stereocenters. The minimum Gasteiger partial charge on any atom is -0.391 e. The van der Waals surface area contributed by atoms with Gasteiger partial charge in [0, 0.05) is 0 Å². The van der Waals surface area contributed by atoms with Crippen LogP contribution in [0.4, 0.5) is 0 Å². The second kappa shape index (κ2) is 7.28. The van der Waals surface area contributed by atoms with Gasteiger partial charge in [0.25, 0.3) is 0 Å². The largest absolute Gasteiger partial charge is 0.391 e. The lowest BCUT2D eigenvalue weighted by molar-refractivity contribution is -0.0320. The SMILES string of the molecule is C=CCOC[C@@H](C)OC[C@@H](C)O. The normalized spacial score (nSPS) is 15.6. The Bertz CT molecular complexity index is 112. The van der Waals surface area contributed by atoms with Crippen molar-refractivity contribution in [2.75, 3.05) is 19.8 Å². The second-order valence-corrected chi connectivity index (χ2v) is 2.82. The van der Waals surface area contributed by atoms with E-state index in [2.05, 4.69) is 6.58 Å². The van der Waals surface area contributed by atoms with E-state index in [0.717, 1.165) is 0 Å². The lowest BCUT2D eigenvalue weighted by atomic mass is 10.4. The van der Waals surface area contributed by atoms with Crippen molar-refractivity contribution in [1.82, 2.24) is 0 Å². The monoisotopic (exact) mass is 174 g/mol. The molecule has 1 N–H and O–H groups in total. The average molecular weight is 174 g/mol. The predicted molar refractivity (Wildman–Crippen MR) is 48.1 cm³/mol. The van der Waals surface area contributed by atoms with Crippen LogP contribution in [0.2, 0.25) is 0 Å². The lowest BCUT2D eigenvalue weighted by Crippen LogP contribution is -2.21. The average Bonchev–Trinajstić information content (AvgIpc) is 2.01. The Morgan fingerprint density at radius 3 is 2.58 bits per heavy atom. The van der Waals surface area contributed by atoms with Crippen LogP contribution in [-0.2, 0) is 9.47 Å². The van der Waals surface area contributed by atoms with Gasteiger partial charge in [-0.1, -0.05) is 6.08 Å². The zero-order valence-electron chi connectivity index (χ0n) is 7.82. The molecule has 0 amide bonds. The van der Waals surface area contributed by atoms with E-state index in [-0.39, 0.29) is 6.10 Å². The van der Waals surface area contributed by atoms with Crippen LogP contribution in [0.1, 0.15) is 13.8 Å². The van der Waals surface area contributed by atoms with E-state index in [4.69, 9.17) is 14.6 Å². The van der Waals surface area contributed by atoms with Crippen molar-refractivity contribution in [2.24, 2.45) is 0 Å². The molecular weight excluding hydrogens is 156 g/mol. The van der Waals surface area contributed by atoms with Crippen molar-refractivity contribution in [1.29, 1.82) is 0 Å². The summed E-state index contributed by atoms with van der Waals surface area (Å²) >= 11 is 0. The summed E-state index contributed by atoms with van der Waals surface area (Å²) in [5, 5.41) is 8.89. The molecule has 2 atom stereocenters. The molecule has 0 aliphatic heterocycles. The summed E-state index contributed by atoms with van der Waals surface area (Å²) in [6, 6.07) is 0. The van der Waals surface area contributed by atoms with Gasteiger partial charge in [-0.15, -0.1) is 6.58 Å². The Hall–Kier alpha value is -0.380. The van der Waals surface area contributed by atoms with Gasteiger partial charge in [-0.2, -0.15) is 0 Å². The van der Waals surface area contributed by atoms with Gasteiger partial charge in [-0.05, 0) is 13.8 Å². The molecule has 0 aromatic carbocycles. The third kappa shape index (κ3) is 7.72. The molecule has 0 spiro atoms. The molecule has 0 heterocycles. The molecule has 0 aromatic heterocycles. The summed E-state index contributed by atoms with van der Waals surface area (Å²) in [5.74, 6) is 0. The van der Waals surface area contributed by atoms with Gasteiger partial charge in [0.2, 0.25) is 0 Å². The van der Waals surface area contributed by atoms with Crippen molar-refractivity contribution in [3.63, 3.8) is 0 Å². The molecule has 3 nitrogen and oxygen atoms in total. The fourth-order valence-corrected chi connectivity index (χ4v) is 0.669. The standard InChI is InChI=1S/C9H18O3/c1-4-5-11-7-9(3)12-6-8(2)10/h4,8-10H,1,5-7H2,2-3H3/t8-,9-/m1/s1. The Kier molecular flexibility index (Phi) is 7.05. The van der Waals surface area contributed by atoms with Crippen molar-refractivity contribution >= 4 is 0 Å². The predicted octanol–water partition coefficient (Wildman–Crippen LogP) is 0.975. The molecule has 0 aliphatic rings. The van der Waals surface area contributed by atoms with Gasteiger partial charge in [0.15, 0.2) is 0 Å². The summed E-state index contributed by atoms with van der Waals surface area (Å²) in [5.41, 5.74) is 0. The summed E-state index contributed by atoms with van der Waals surface area (Å²) in [7, 11) is 0. The van der Waals surface area contributed by atoms with Crippen LogP contribution in [0.5, 0.6) is 0 Å². The van der Waals surface area contributed by atoms with Crippen molar-refractivity contribution in [3.8, 4) is 0 Å². The van der Waals surface area contributed by atoms with E-state index in [9.17, 15) is 0 Å². The number of aliphatic hydroxyl groups is 1. The minimum absolute atomic E-state index is 0.0274. The number of aliphatic hydroxyl groups excluding tert-OH is 1. The Morgan fingerprint density at radius 1 is 1.42 bits per heavy atom. The first-order valence-corrected chi connectivity index (χ1v) is 4.15. The Labute approximate surface area is 74.0 Å². The first kappa shape index (κ1) is 11.6. The van der Waals surface area contributed by atoms with E-state index < -0.39 is 6.10 Å². The Balaban J connectivity index is 3.21. The third-order valence-electron chi connectivity index (χ3n) is 1.21. The maximum atomic E-state index is 8.89. The van der Waals surface area contributed by atoms with Gasteiger partial charge >= 0.3 is 0 Å². The number of hydrogen-bond donors (Lipinski definition) is 1. The van der Waals surface area contributed by atoms with E-state index in [1.807, 2.05) is 6.92 Å². The molecule has 0 aromatic rings. The maximum absolute atomic E-state index is 8.89. The molecule has 0 bridgehead atoms. The van der Waals surface area contributed by atoms with Crippen LogP contribution < -0.4 is 0 Å². The van der Waals surface area contributed by atoms with Crippen LogP contribution in [-0.4, -0.2) is 37.1 Å². The molecule has 0 saturated heterocycles. The molecule has 72 valence electrons. The first-order chi connectivity index (χ1) is 5.66. The van der Waals surface area contributed by atoms with Crippen molar-refractivity contribution < 1.29 is 14.6 Å². The number of ether oxygens (including phenoxy) is 2. The Morgan fingerprint density at radius 2 is 2.08 bits per heavy atom. The van der Waals surface area contributed by atoms with E-state index in [0.29, 0.717) is 19.8 Å². The summed E-state index contributed by atoms with van der Waals surface area (Å²) < 4.78 is 10.4. The first-order valence-electron chi connectivity index (χ1n) is 4.15. The van der Waals surface area contributed by atoms with Crippen LogP contribution in [0.3, 0.4) is 0 Å². The molecule has 0 radical (unpaired) electrons. The van der Waals surface area contributed by atoms with Crippen molar-refractivity contribution in [2.45, 2.75) is 26.1 Å². The van der Waals surface area contributed by atoms with Crippen LogP contribution in [0, 0.1) is 0 Å². The highest BCUT2D eigenvalue weighted by atomic mass is 16.5. The van der Waals surface area contributed by atoms with E-state index in [1.165, 1.54) is 0 Å². The molecule has 3 heteroatoms. The lowest BCUT2D eigenvalue weighted by Gasteiger charge is -2.13. The van der Waals surface area contributed by atoms with Gasteiger partial charge < -0.3 is 14.6 Å². The zero-order chi connectivity index (χ0) is 9.40. The highest BCUT2D eigenvalue weighted by molar-refractivity contribution is 4.64. The van der Waals surface area contributed by atoms with Crippen LogP contribution >= 0.6 is 0 Å². The summed E-state index contributed by atoms with van der Waals surface area (Å²) in [6.45, 7) is 8.57. The minimum atomic E-state index is -0.410. The smallest absolute Gasteiger partial charge is 0.0781 e. The molecule has 0 saturated carbocycles. The van der Waals surface area contributed by atoms with E-state index >= 15 is 0 Å². The highest BCUT2D eigenvalue weighted by Crippen LogP contribution is 1.93.